The van der Waals surface area contributed by atoms with Gasteiger partial charge in [-0.05, 0) is 12.8 Å². The second-order valence-electron chi connectivity index (χ2n) is 2.81. The summed E-state index contributed by atoms with van der Waals surface area (Å²) >= 11 is 0. The molecule has 0 spiro atoms. The summed E-state index contributed by atoms with van der Waals surface area (Å²) in [5, 5.41) is 0. The molecule has 2 N–H and O–H groups in total. The van der Waals surface area contributed by atoms with Gasteiger partial charge in [-0.3, -0.25) is 4.79 Å². The zero-order valence-electron chi connectivity index (χ0n) is 5.85. The minimum Gasteiger partial charge on any atom is -0.369 e. The molecule has 1 amide bonds. The molecule has 0 aliphatic heterocycles. The number of halogens is 1. The highest BCUT2D eigenvalue weighted by Gasteiger charge is 2.28. The Labute approximate surface area is 59.6 Å². The third-order valence-corrected chi connectivity index (χ3v) is 2.05. The van der Waals surface area contributed by atoms with E-state index >= 15 is 0 Å². The first-order valence-corrected chi connectivity index (χ1v) is 3.65. The van der Waals surface area contributed by atoms with Crippen LogP contribution in [0.2, 0.25) is 0 Å². The first kappa shape index (κ1) is 7.51. The van der Waals surface area contributed by atoms with Crippen LogP contribution in [0.1, 0.15) is 25.7 Å². The van der Waals surface area contributed by atoms with Crippen LogP contribution >= 0.6 is 0 Å². The molecule has 3 heteroatoms. The highest BCUT2D eigenvalue weighted by atomic mass is 19.1. The van der Waals surface area contributed by atoms with Gasteiger partial charge >= 0.3 is 0 Å². The fraction of sp³-hybridized carbons (Fsp3) is 0.857. The van der Waals surface area contributed by atoms with Gasteiger partial charge in [-0.25, -0.2) is 4.39 Å². The van der Waals surface area contributed by atoms with Crippen LogP contribution in [0.3, 0.4) is 0 Å². The minimum absolute atomic E-state index is 0.479. The Morgan fingerprint density at radius 3 is 2.40 bits per heavy atom. The van der Waals surface area contributed by atoms with Crippen LogP contribution in [0.5, 0.6) is 0 Å². The van der Waals surface area contributed by atoms with E-state index in [0.29, 0.717) is 12.8 Å². The van der Waals surface area contributed by atoms with Gasteiger partial charge in [0.2, 0.25) is 5.91 Å². The van der Waals surface area contributed by atoms with Crippen molar-refractivity contribution in [1.82, 2.24) is 0 Å². The van der Waals surface area contributed by atoms with E-state index < -0.39 is 18.0 Å². The number of nitrogens with two attached hydrogens (primary N) is 1. The Bertz CT molecular complexity index is 138. The number of amides is 1. The van der Waals surface area contributed by atoms with E-state index in [4.69, 9.17) is 5.73 Å². The molecule has 2 atom stereocenters. The van der Waals surface area contributed by atoms with E-state index in [1.165, 1.54) is 0 Å². The van der Waals surface area contributed by atoms with Crippen LogP contribution in [0.4, 0.5) is 4.39 Å². The largest absolute Gasteiger partial charge is 0.369 e. The summed E-state index contributed by atoms with van der Waals surface area (Å²) in [4.78, 5) is 10.5. The smallest absolute Gasteiger partial charge is 0.223 e. The molecule has 0 bridgehead atoms. The third kappa shape index (κ3) is 1.46. The Kier molecular flexibility index (Phi) is 2.25. The second-order valence-corrected chi connectivity index (χ2v) is 2.81. The summed E-state index contributed by atoms with van der Waals surface area (Å²) in [5.74, 6) is -0.985. The van der Waals surface area contributed by atoms with Gasteiger partial charge in [-0.15, -0.1) is 0 Å². The molecule has 2 nitrogen and oxygen atoms in total. The van der Waals surface area contributed by atoms with Crippen LogP contribution in [0.25, 0.3) is 0 Å². The molecule has 58 valence electrons. The topological polar surface area (TPSA) is 43.1 Å². The molecule has 2 unspecified atom stereocenters. The summed E-state index contributed by atoms with van der Waals surface area (Å²) in [6.45, 7) is 0. The van der Waals surface area contributed by atoms with Gasteiger partial charge in [-0.2, -0.15) is 0 Å². The number of hydrogen-bond acceptors (Lipinski definition) is 1. The molecule has 1 saturated carbocycles. The van der Waals surface area contributed by atoms with Crippen LogP contribution in [-0.4, -0.2) is 12.1 Å². The van der Waals surface area contributed by atoms with Gasteiger partial charge in [0.25, 0.3) is 0 Å². The summed E-state index contributed by atoms with van der Waals surface area (Å²) in [6.07, 6.45) is 1.99. The van der Waals surface area contributed by atoms with Gasteiger partial charge < -0.3 is 5.73 Å². The zero-order valence-corrected chi connectivity index (χ0v) is 5.85. The first-order chi connectivity index (χ1) is 4.72. The van der Waals surface area contributed by atoms with E-state index in [-0.39, 0.29) is 0 Å². The number of primary amides is 1. The van der Waals surface area contributed by atoms with Gasteiger partial charge in [0.15, 0.2) is 0 Å². The number of rotatable bonds is 1. The molecule has 1 fully saturated rings. The van der Waals surface area contributed by atoms with Crippen LogP contribution in [0.15, 0.2) is 0 Å². The average molecular weight is 145 g/mol. The van der Waals surface area contributed by atoms with Crippen LogP contribution in [-0.2, 0) is 4.79 Å². The van der Waals surface area contributed by atoms with E-state index in [0.717, 1.165) is 12.8 Å². The highest BCUT2D eigenvalue weighted by Crippen LogP contribution is 2.26. The molecule has 0 radical (unpaired) electrons. The van der Waals surface area contributed by atoms with Crippen molar-refractivity contribution >= 4 is 5.91 Å². The average Bonchev–Trinajstić information content (AvgIpc) is 1.88. The van der Waals surface area contributed by atoms with Gasteiger partial charge in [0, 0.05) is 0 Å². The fourth-order valence-corrected chi connectivity index (χ4v) is 1.41. The molecule has 1 aliphatic carbocycles. The van der Waals surface area contributed by atoms with Crippen LogP contribution in [0, 0.1) is 5.92 Å². The summed E-state index contributed by atoms with van der Waals surface area (Å²) in [7, 11) is 0. The maximum Gasteiger partial charge on any atom is 0.223 e. The summed E-state index contributed by atoms with van der Waals surface area (Å²) in [5.41, 5.74) is 4.98. The van der Waals surface area contributed by atoms with Gasteiger partial charge in [-0.1, -0.05) is 12.8 Å². The molecular formula is C7H12FNO. The van der Waals surface area contributed by atoms with Crippen molar-refractivity contribution in [2.45, 2.75) is 31.9 Å². The van der Waals surface area contributed by atoms with Crippen molar-refractivity contribution in [2.75, 3.05) is 0 Å². The van der Waals surface area contributed by atoms with Crippen molar-refractivity contribution in [2.24, 2.45) is 11.7 Å². The van der Waals surface area contributed by atoms with Crippen molar-refractivity contribution < 1.29 is 9.18 Å². The SMILES string of the molecule is NC(=O)C1CCCCC1F. The van der Waals surface area contributed by atoms with Gasteiger partial charge in [0.1, 0.15) is 6.17 Å². The molecule has 0 aromatic heterocycles. The maximum atomic E-state index is 12.8. The second kappa shape index (κ2) is 2.99. The maximum absolute atomic E-state index is 12.8. The molecule has 10 heavy (non-hydrogen) atoms. The van der Waals surface area contributed by atoms with Gasteiger partial charge in [0.05, 0.1) is 5.92 Å². The number of carbonyl (C=O) groups is 1. The number of carbonyl (C=O) groups excluding carboxylic acids is 1. The highest BCUT2D eigenvalue weighted by molar-refractivity contribution is 5.77. The van der Waals surface area contributed by atoms with E-state index in [1.807, 2.05) is 0 Å². The predicted molar refractivity (Wildman–Crippen MR) is 36.0 cm³/mol. The Morgan fingerprint density at radius 1 is 1.40 bits per heavy atom. The predicted octanol–water partition coefficient (Wildman–Crippen LogP) is 1.000. The zero-order chi connectivity index (χ0) is 7.56. The minimum atomic E-state index is -0.980. The molecule has 1 rings (SSSR count). The molecular weight excluding hydrogens is 133 g/mol. The quantitative estimate of drug-likeness (QED) is 0.587. The standard InChI is InChI=1S/C7H12FNO/c8-6-4-2-1-3-5(6)7(9)10/h5-6H,1-4H2,(H2,9,10). The fourth-order valence-electron chi connectivity index (χ4n) is 1.41. The first-order valence-electron chi connectivity index (χ1n) is 3.65. The molecule has 0 aromatic rings. The van der Waals surface area contributed by atoms with E-state index in [1.54, 1.807) is 0 Å². The lowest BCUT2D eigenvalue weighted by molar-refractivity contribution is -0.124. The molecule has 1 aliphatic rings. The Hall–Kier alpha value is -0.600. The monoisotopic (exact) mass is 145 g/mol. The lowest BCUT2D eigenvalue weighted by atomic mass is 9.87. The Morgan fingerprint density at radius 2 is 2.00 bits per heavy atom. The molecule has 0 saturated heterocycles. The lowest BCUT2D eigenvalue weighted by Gasteiger charge is -2.22. The normalized spacial score (nSPS) is 33.7. The van der Waals surface area contributed by atoms with E-state index in [2.05, 4.69) is 0 Å². The summed E-state index contributed by atoms with van der Waals surface area (Å²) in [6, 6.07) is 0. The van der Waals surface area contributed by atoms with Crippen molar-refractivity contribution in [1.29, 1.82) is 0 Å². The number of alkyl halides is 1. The van der Waals surface area contributed by atoms with Crippen molar-refractivity contribution in [3.05, 3.63) is 0 Å². The molecule has 0 heterocycles. The van der Waals surface area contributed by atoms with Crippen molar-refractivity contribution in [3.8, 4) is 0 Å². The summed E-state index contributed by atoms with van der Waals surface area (Å²) < 4.78 is 12.8. The lowest BCUT2D eigenvalue weighted by Crippen LogP contribution is -2.33. The van der Waals surface area contributed by atoms with Crippen LogP contribution < -0.4 is 5.73 Å². The molecule has 0 aromatic carbocycles. The third-order valence-electron chi connectivity index (χ3n) is 2.05. The Balaban J connectivity index is 2.47. The van der Waals surface area contributed by atoms with E-state index in [9.17, 15) is 9.18 Å². The van der Waals surface area contributed by atoms with Crippen molar-refractivity contribution in [3.63, 3.8) is 0 Å². The number of hydrogen-bond donors (Lipinski definition) is 1.